The number of para-hydroxylation sites is 1. The van der Waals surface area contributed by atoms with Crippen LogP contribution in [0.1, 0.15) is 38.3 Å². The number of ether oxygens (including phenoxy) is 2. The zero-order valence-electron chi connectivity index (χ0n) is 19.1. The third-order valence-electron chi connectivity index (χ3n) is 7.61. The van der Waals surface area contributed by atoms with Crippen LogP contribution < -0.4 is 10.1 Å². The number of aromatic nitrogens is 2. The summed E-state index contributed by atoms with van der Waals surface area (Å²) in [4.78, 5) is 15.4. The average Bonchev–Trinajstić information content (AvgIpc) is 3.31. The van der Waals surface area contributed by atoms with Crippen molar-refractivity contribution in [3.8, 4) is 16.9 Å². The van der Waals surface area contributed by atoms with Crippen LogP contribution in [0, 0.1) is 11.3 Å². The number of carbonyl (C=O) groups excluding carboxylic acids is 1. The van der Waals surface area contributed by atoms with E-state index in [0.717, 1.165) is 65.8 Å². The molecule has 3 fully saturated rings. The van der Waals surface area contributed by atoms with Crippen LogP contribution in [0.4, 0.5) is 4.79 Å². The van der Waals surface area contributed by atoms with E-state index in [2.05, 4.69) is 58.5 Å². The minimum atomic E-state index is -0.328. The molecule has 4 aliphatic rings. The molecule has 2 N–H and O–H groups in total. The highest BCUT2D eigenvalue weighted by Gasteiger charge is 2.41. The number of hydrogen-bond acceptors (Lipinski definition) is 5. The predicted octanol–water partition coefficient (Wildman–Crippen LogP) is 4.51. The second-order valence-electron chi connectivity index (χ2n) is 10.3. The van der Waals surface area contributed by atoms with Crippen molar-refractivity contribution in [2.75, 3.05) is 26.2 Å². The Morgan fingerprint density at radius 1 is 1.24 bits per heavy atom. The number of benzene rings is 2. The number of rotatable bonds is 3. The number of carbonyl (C=O) groups is 1. The summed E-state index contributed by atoms with van der Waals surface area (Å²) in [6, 6.07) is 12.2. The summed E-state index contributed by atoms with van der Waals surface area (Å²) in [5.41, 5.74) is 3.86. The molecule has 172 valence electrons. The Labute approximate surface area is 193 Å². The topological polar surface area (TPSA) is 79.5 Å². The van der Waals surface area contributed by atoms with Gasteiger partial charge in [0.1, 0.15) is 11.9 Å². The number of aromatic amines is 1. The maximum absolute atomic E-state index is 13.0. The van der Waals surface area contributed by atoms with Gasteiger partial charge in [0.15, 0.2) is 0 Å². The molecule has 33 heavy (non-hydrogen) atoms. The Kier molecular flexibility index (Phi) is 4.83. The molecule has 2 aromatic carbocycles. The molecule has 3 aromatic rings. The second kappa shape index (κ2) is 7.76. The number of H-pyrrole nitrogens is 1. The zero-order chi connectivity index (χ0) is 22.6. The number of nitrogens with one attached hydrogen (secondary N) is 2. The van der Waals surface area contributed by atoms with E-state index in [1.54, 1.807) is 0 Å². The monoisotopic (exact) mass is 446 g/mol. The normalized spacial score (nSPS) is 27.6. The van der Waals surface area contributed by atoms with Crippen molar-refractivity contribution in [1.82, 2.24) is 20.4 Å². The lowest BCUT2D eigenvalue weighted by Gasteiger charge is -2.44. The fraction of sp³-hybridized carbons (Fsp3) is 0.462. The van der Waals surface area contributed by atoms with E-state index in [1.807, 2.05) is 18.3 Å². The van der Waals surface area contributed by atoms with Gasteiger partial charge in [0, 0.05) is 28.5 Å². The standard InChI is InChI=1S/C26H30N4O3/c1-26(2)15-32-21-12-17(19-5-3-4-18-13-27-29-23(18)19)6-7-20(21)24(26)28-25(31)33-22-14-30-10-8-16(22)9-11-30/h3-7,12-13,16,22,24H,8-11,14-15H2,1-2H3,(H,27,29)(H,28,31)/t22-,24?/m1/s1. The number of fused-ring (bicyclic) bond motifs is 5. The smallest absolute Gasteiger partial charge is 0.407 e. The maximum Gasteiger partial charge on any atom is 0.407 e. The van der Waals surface area contributed by atoms with Crippen molar-refractivity contribution in [2.24, 2.45) is 11.3 Å². The van der Waals surface area contributed by atoms with Crippen LogP contribution in [0.3, 0.4) is 0 Å². The van der Waals surface area contributed by atoms with Crippen LogP contribution in [-0.2, 0) is 4.74 Å². The van der Waals surface area contributed by atoms with Gasteiger partial charge in [0.2, 0.25) is 0 Å². The Morgan fingerprint density at radius 2 is 2.09 bits per heavy atom. The summed E-state index contributed by atoms with van der Waals surface area (Å²) in [5.74, 6) is 1.29. The van der Waals surface area contributed by atoms with Crippen molar-refractivity contribution in [2.45, 2.75) is 38.8 Å². The number of alkyl carbamates (subject to hydrolysis) is 1. The van der Waals surface area contributed by atoms with Gasteiger partial charge in [-0.25, -0.2) is 4.79 Å². The minimum Gasteiger partial charge on any atom is -0.493 e. The van der Waals surface area contributed by atoms with Crippen molar-refractivity contribution in [3.63, 3.8) is 0 Å². The fourth-order valence-electron chi connectivity index (χ4n) is 5.65. The first kappa shape index (κ1) is 20.5. The van der Waals surface area contributed by atoms with Gasteiger partial charge in [-0.15, -0.1) is 0 Å². The van der Waals surface area contributed by atoms with E-state index in [-0.39, 0.29) is 23.7 Å². The van der Waals surface area contributed by atoms with E-state index in [4.69, 9.17) is 9.47 Å². The molecule has 7 nitrogen and oxygen atoms in total. The van der Waals surface area contributed by atoms with E-state index < -0.39 is 0 Å². The highest BCUT2D eigenvalue weighted by molar-refractivity contribution is 5.93. The van der Waals surface area contributed by atoms with Crippen LogP contribution in [0.25, 0.3) is 22.0 Å². The highest BCUT2D eigenvalue weighted by atomic mass is 16.6. The molecule has 1 amide bonds. The number of amides is 1. The summed E-state index contributed by atoms with van der Waals surface area (Å²) in [5, 5.41) is 11.5. The van der Waals surface area contributed by atoms with Crippen LogP contribution in [-0.4, -0.2) is 53.5 Å². The molecule has 0 aliphatic carbocycles. The van der Waals surface area contributed by atoms with Gasteiger partial charge in [-0.05, 0) is 43.5 Å². The molecule has 3 saturated heterocycles. The van der Waals surface area contributed by atoms with E-state index in [1.165, 1.54) is 0 Å². The van der Waals surface area contributed by atoms with Crippen molar-refractivity contribution in [3.05, 3.63) is 48.2 Å². The van der Waals surface area contributed by atoms with Gasteiger partial charge in [-0.2, -0.15) is 5.10 Å². The molecule has 1 aromatic heterocycles. The lowest BCUT2D eigenvalue weighted by atomic mass is 9.78. The molecule has 0 radical (unpaired) electrons. The van der Waals surface area contributed by atoms with Gasteiger partial charge in [-0.1, -0.05) is 44.2 Å². The van der Waals surface area contributed by atoms with Crippen molar-refractivity contribution < 1.29 is 14.3 Å². The summed E-state index contributed by atoms with van der Waals surface area (Å²) in [6.07, 6.45) is 3.74. The van der Waals surface area contributed by atoms with Crippen molar-refractivity contribution >= 4 is 17.0 Å². The first-order valence-corrected chi connectivity index (χ1v) is 11.9. The van der Waals surface area contributed by atoms with Crippen LogP contribution >= 0.6 is 0 Å². The third-order valence-corrected chi connectivity index (χ3v) is 7.61. The molecule has 5 heterocycles. The Hall–Kier alpha value is -3.06. The van der Waals surface area contributed by atoms with Crippen molar-refractivity contribution in [1.29, 1.82) is 0 Å². The molecule has 4 aliphatic heterocycles. The molecular formula is C26H30N4O3. The minimum absolute atomic E-state index is 0.00723. The summed E-state index contributed by atoms with van der Waals surface area (Å²) in [6.45, 7) is 7.86. The quantitative estimate of drug-likeness (QED) is 0.619. The predicted molar refractivity (Wildman–Crippen MR) is 126 cm³/mol. The third kappa shape index (κ3) is 3.64. The maximum atomic E-state index is 13.0. The molecular weight excluding hydrogens is 416 g/mol. The Bertz CT molecular complexity index is 1200. The summed E-state index contributed by atoms with van der Waals surface area (Å²) >= 11 is 0. The molecule has 2 atom stereocenters. The van der Waals surface area contributed by atoms with Crippen LogP contribution in [0.15, 0.2) is 42.6 Å². The molecule has 7 heteroatoms. The lowest BCUT2D eigenvalue weighted by molar-refractivity contribution is -0.0361. The number of piperidine rings is 3. The molecule has 0 saturated carbocycles. The molecule has 1 unspecified atom stereocenters. The lowest BCUT2D eigenvalue weighted by Crippen LogP contribution is -2.53. The van der Waals surface area contributed by atoms with Gasteiger partial charge in [-0.3, -0.25) is 10.00 Å². The largest absolute Gasteiger partial charge is 0.493 e. The summed E-state index contributed by atoms with van der Waals surface area (Å²) < 4.78 is 12.1. The van der Waals surface area contributed by atoms with Gasteiger partial charge in [0.25, 0.3) is 0 Å². The zero-order valence-corrected chi connectivity index (χ0v) is 19.1. The molecule has 0 spiro atoms. The van der Waals surface area contributed by atoms with Crippen LogP contribution in [0.2, 0.25) is 0 Å². The second-order valence-corrected chi connectivity index (χ2v) is 10.3. The molecule has 2 bridgehead atoms. The first-order valence-electron chi connectivity index (χ1n) is 11.9. The highest BCUT2D eigenvalue weighted by Crippen LogP contribution is 2.44. The van der Waals surface area contributed by atoms with Gasteiger partial charge < -0.3 is 14.8 Å². The van der Waals surface area contributed by atoms with Gasteiger partial charge in [0.05, 0.1) is 24.4 Å². The Balaban J connectivity index is 1.26. The number of nitrogens with zero attached hydrogens (tertiary/aromatic N) is 2. The SMILES string of the molecule is CC1(C)COc2cc(-c3cccc4cn[nH]c34)ccc2C1NC(=O)O[C@@H]1CN2CCC1CC2. The van der Waals surface area contributed by atoms with E-state index >= 15 is 0 Å². The van der Waals surface area contributed by atoms with Crippen LogP contribution in [0.5, 0.6) is 5.75 Å². The Morgan fingerprint density at radius 3 is 2.88 bits per heavy atom. The first-order chi connectivity index (χ1) is 16.0. The van der Waals surface area contributed by atoms with Gasteiger partial charge >= 0.3 is 6.09 Å². The molecule has 7 rings (SSSR count). The fourth-order valence-corrected chi connectivity index (χ4v) is 5.65. The van der Waals surface area contributed by atoms with E-state index in [9.17, 15) is 4.79 Å². The van der Waals surface area contributed by atoms with E-state index in [0.29, 0.717) is 12.5 Å². The number of hydrogen-bond donors (Lipinski definition) is 2. The average molecular weight is 447 g/mol. The summed E-state index contributed by atoms with van der Waals surface area (Å²) in [7, 11) is 0.